The van der Waals surface area contributed by atoms with Crippen LogP contribution in [-0.4, -0.2) is 28.9 Å². The third kappa shape index (κ3) is 3.70. The van der Waals surface area contributed by atoms with Gasteiger partial charge in [-0.05, 0) is 39.0 Å². The summed E-state index contributed by atoms with van der Waals surface area (Å²) in [5, 5.41) is 0. The highest BCUT2D eigenvalue weighted by atomic mass is 79.9. The van der Waals surface area contributed by atoms with Gasteiger partial charge in [0, 0.05) is 11.5 Å². The van der Waals surface area contributed by atoms with Gasteiger partial charge in [-0.25, -0.2) is 4.98 Å². The lowest BCUT2D eigenvalue weighted by molar-refractivity contribution is 0.100. The van der Waals surface area contributed by atoms with Crippen molar-refractivity contribution >= 4 is 39.3 Å². The Morgan fingerprint density at radius 1 is 1.12 bits per heavy atom. The lowest BCUT2D eigenvalue weighted by Crippen LogP contribution is -2.25. The van der Waals surface area contributed by atoms with E-state index in [2.05, 4.69) is 30.9 Å². The van der Waals surface area contributed by atoms with Crippen molar-refractivity contribution in [1.29, 1.82) is 0 Å². The molecule has 0 bridgehead atoms. The number of hydrogen-bond acceptors (Lipinski definition) is 4. The molecule has 0 saturated carbocycles. The van der Waals surface area contributed by atoms with Gasteiger partial charge in [-0.1, -0.05) is 15.9 Å². The van der Waals surface area contributed by atoms with E-state index >= 15 is 0 Å². The molecule has 0 unspecified atom stereocenters. The Morgan fingerprint density at radius 2 is 1.75 bits per heavy atom. The molecule has 1 aromatic carbocycles. The molecule has 7 nitrogen and oxygen atoms in total. The fourth-order valence-corrected chi connectivity index (χ4v) is 2.65. The van der Waals surface area contributed by atoms with Gasteiger partial charge in [0.1, 0.15) is 0 Å². The molecule has 0 fully saturated rings. The molecule has 0 saturated heterocycles. The number of aromatic nitrogens is 2. The molecular formula is C16H19BrN6O. The molecule has 0 atom stereocenters. The molecule has 126 valence electrons. The second-order valence-corrected chi connectivity index (χ2v) is 6.28. The lowest BCUT2D eigenvalue weighted by atomic mass is 10.1. The second kappa shape index (κ2) is 6.96. The Hall–Kier alpha value is -2.48. The molecule has 1 amide bonds. The van der Waals surface area contributed by atoms with Crippen LogP contribution in [0.25, 0.3) is 0 Å². The van der Waals surface area contributed by atoms with E-state index in [1.54, 1.807) is 17.0 Å². The summed E-state index contributed by atoms with van der Waals surface area (Å²) in [5.41, 5.74) is 14.1. The van der Waals surface area contributed by atoms with Gasteiger partial charge in [0.15, 0.2) is 11.8 Å². The monoisotopic (exact) mass is 390 g/mol. The average Bonchev–Trinajstić information content (AvgIpc) is 2.49. The Morgan fingerprint density at radius 3 is 2.38 bits per heavy atom. The molecule has 0 aliphatic heterocycles. The summed E-state index contributed by atoms with van der Waals surface area (Å²) in [5.74, 6) is -0.137. The van der Waals surface area contributed by atoms with E-state index in [4.69, 9.17) is 11.5 Å². The summed E-state index contributed by atoms with van der Waals surface area (Å²) in [6.45, 7) is 5.68. The van der Waals surface area contributed by atoms with E-state index < -0.39 is 5.91 Å². The molecule has 24 heavy (non-hydrogen) atoms. The zero-order valence-corrected chi connectivity index (χ0v) is 15.5. The van der Waals surface area contributed by atoms with Gasteiger partial charge in [-0.2, -0.15) is 4.99 Å². The van der Waals surface area contributed by atoms with Gasteiger partial charge in [-0.15, -0.1) is 0 Å². The largest absolute Gasteiger partial charge is 0.370 e. The van der Waals surface area contributed by atoms with Crippen LogP contribution in [0.15, 0.2) is 27.7 Å². The van der Waals surface area contributed by atoms with Crippen molar-refractivity contribution in [3.63, 3.8) is 0 Å². The molecule has 4 N–H and O–H groups in total. The molecule has 0 aliphatic carbocycles. The molecule has 2 rings (SSSR count). The number of aliphatic imine (C=N–C) groups is 1. The van der Waals surface area contributed by atoms with E-state index in [1.165, 1.54) is 0 Å². The molecule has 0 radical (unpaired) electrons. The van der Waals surface area contributed by atoms with Crippen LogP contribution in [0.2, 0.25) is 0 Å². The summed E-state index contributed by atoms with van der Waals surface area (Å²) in [6, 6.07) is 5.31. The number of guanidine groups is 1. The van der Waals surface area contributed by atoms with Crippen molar-refractivity contribution in [1.82, 2.24) is 9.97 Å². The predicted molar refractivity (Wildman–Crippen MR) is 98.6 cm³/mol. The first-order valence-electron chi connectivity index (χ1n) is 7.19. The number of aryl methyl sites for hydroxylation is 3. The van der Waals surface area contributed by atoms with Crippen LogP contribution in [0.1, 0.15) is 27.4 Å². The molecule has 2 aromatic rings. The minimum Gasteiger partial charge on any atom is -0.370 e. The number of rotatable bonds is 3. The van der Waals surface area contributed by atoms with Crippen molar-refractivity contribution in [3.05, 3.63) is 45.3 Å². The van der Waals surface area contributed by atoms with Crippen LogP contribution in [0.4, 0.5) is 11.5 Å². The Bertz CT molecular complexity index is 830. The SMILES string of the molecule is Cc1nc(C)c(N(C)c2ccc(Br)cc2C(=O)N=C(N)N)nc1C. The highest BCUT2D eigenvalue weighted by Crippen LogP contribution is 2.30. The first-order valence-corrected chi connectivity index (χ1v) is 7.99. The standard InChI is InChI=1S/C16H19BrN6O/c1-8-9(2)21-14(10(3)20-8)23(4)13-6-5-11(17)7-12(13)15(24)22-16(18)19/h5-7H,1-4H3,(H4,18,19,22,24). The molecule has 0 aliphatic rings. The number of carbonyl (C=O) groups is 1. The molecule has 8 heteroatoms. The summed E-state index contributed by atoms with van der Waals surface area (Å²) < 4.78 is 0.747. The third-order valence-electron chi connectivity index (χ3n) is 3.55. The van der Waals surface area contributed by atoms with Crippen LogP contribution in [0.3, 0.4) is 0 Å². The highest BCUT2D eigenvalue weighted by molar-refractivity contribution is 9.10. The Labute approximate surface area is 148 Å². The lowest BCUT2D eigenvalue weighted by Gasteiger charge is -2.23. The third-order valence-corrected chi connectivity index (χ3v) is 4.05. The summed E-state index contributed by atoms with van der Waals surface area (Å²) >= 11 is 3.36. The predicted octanol–water partition coefficient (Wildman–Crippen LogP) is 2.35. The van der Waals surface area contributed by atoms with Crippen LogP contribution >= 0.6 is 15.9 Å². The second-order valence-electron chi connectivity index (χ2n) is 5.37. The van der Waals surface area contributed by atoms with E-state index in [-0.39, 0.29) is 5.96 Å². The maximum Gasteiger partial charge on any atom is 0.282 e. The minimum absolute atomic E-state index is 0.282. The Kier molecular flexibility index (Phi) is 5.18. The zero-order chi connectivity index (χ0) is 18.0. The fourth-order valence-electron chi connectivity index (χ4n) is 2.28. The smallest absolute Gasteiger partial charge is 0.282 e. The number of nitrogens with zero attached hydrogens (tertiary/aromatic N) is 4. The maximum atomic E-state index is 12.3. The number of carbonyl (C=O) groups excluding carboxylic acids is 1. The number of hydrogen-bond donors (Lipinski definition) is 2. The number of nitrogens with two attached hydrogens (primary N) is 2. The van der Waals surface area contributed by atoms with Gasteiger partial charge in [-0.3, -0.25) is 9.78 Å². The van der Waals surface area contributed by atoms with Crippen molar-refractivity contribution in [2.75, 3.05) is 11.9 Å². The zero-order valence-electron chi connectivity index (χ0n) is 14.0. The van der Waals surface area contributed by atoms with E-state index in [9.17, 15) is 4.79 Å². The van der Waals surface area contributed by atoms with E-state index in [1.807, 2.05) is 33.9 Å². The van der Waals surface area contributed by atoms with Gasteiger partial charge in [0.2, 0.25) is 0 Å². The summed E-state index contributed by atoms with van der Waals surface area (Å²) in [7, 11) is 1.82. The number of halogens is 1. The minimum atomic E-state index is -0.521. The van der Waals surface area contributed by atoms with Crippen molar-refractivity contribution in [3.8, 4) is 0 Å². The van der Waals surface area contributed by atoms with Gasteiger partial charge < -0.3 is 16.4 Å². The van der Waals surface area contributed by atoms with Crippen molar-refractivity contribution in [2.24, 2.45) is 16.5 Å². The van der Waals surface area contributed by atoms with E-state index in [0.717, 1.165) is 21.6 Å². The van der Waals surface area contributed by atoms with Gasteiger partial charge >= 0.3 is 0 Å². The van der Waals surface area contributed by atoms with Gasteiger partial charge in [0.05, 0.1) is 28.3 Å². The normalized spacial score (nSPS) is 10.4. The van der Waals surface area contributed by atoms with E-state index in [0.29, 0.717) is 17.1 Å². The molecule has 0 spiro atoms. The number of benzene rings is 1. The first kappa shape index (κ1) is 17.9. The number of anilines is 2. The summed E-state index contributed by atoms with van der Waals surface area (Å²) in [4.78, 5) is 26.9. The maximum absolute atomic E-state index is 12.3. The molecule has 1 heterocycles. The van der Waals surface area contributed by atoms with Crippen molar-refractivity contribution in [2.45, 2.75) is 20.8 Å². The van der Waals surface area contributed by atoms with Gasteiger partial charge in [0.25, 0.3) is 5.91 Å². The number of amides is 1. The highest BCUT2D eigenvalue weighted by Gasteiger charge is 2.19. The first-order chi connectivity index (χ1) is 11.2. The Balaban J connectivity index is 2.58. The quantitative estimate of drug-likeness (QED) is 0.614. The van der Waals surface area contributed by atoms with Crippen LogP contribution in [0.5, 0.6) is 0 Å². The van der Waals surface area contributed by atoms with Crippen LogP contribution < -0.4 is 16.4 Å². The average molecular weight is 391 g/mol. The molecular weight excluding hydrogens is 372 g/mol. The topological polar surface area (TPSA) is 110 Å². The van der Waals surface area contributed by atoms with Crippen molar-refractivity contribution < 1.29 is 4.79 Å². The van der Waals surface area contributed by atoms with Crippen LogP contribution in [0, 0.1) is 20.8 Å². The summed E-state index contributed by atoms with van der Waals surface area (Å²) in [6.07, 6.45) is 0. The molecule has 1 aromatic heterocycles. The van der Waals surface area contributed by atoms with Crippen LogP contribution in [-0.2, 0) is 0 Å². The fraction of sp³-hybridized carbons (Fsp3) is 0.250.